The molecule has 1 atom stereocenters. The topological polar surface area (TPSA) is 79.5 Å². The van der Waals surface area contributed by atoms with Crippen molar-refractivity contribution in [1.82, 2.24) is 20.4 Å². The monoisotopic (exact) mass is 336 g/mol. The van der Waals surface area contributed by atoms with Crippen LogP contribution in [0.2, 0.25) is 0 Å². The van der Waals surface area contributed by atoms with Gasteiger partial charge in [0.2, 0.25) is 0 Å². The zero-order chi connectivity index (χ0) is 17.0. The molecule has 1 aromatic rings. The molecule has 0 saturated carbocycles. The molecule has 0 aromatic carbocycles. The SMILES string of the molecule is C[C@@H](CNC(=O)N1CCC(c2ccn[nH]2)CC1)CC1(C)OCCO1. The smallest absolute Gasteiger partial charge is 0.317 e. The molecule has 0 aliphatic carbocycles. The first-order valence-electron chi connectivity index (χ1n) is 8.86. The van der Waals surface area contributed by atoms with Gasteiger partial charge in [-0.3, -0.25) is 5.10 Å². The zero-order valence-electron chi connectivity index (χ0n) is 14.6. The molecule has 134 valence electrons. The molecule has 2 N–H and O–H groups in total. The third-order valence-electron chi connectivity index (χ3n) is 4.96. The van der Waals surface area contributed by atoms with Gasteiger partial charge in [0.05, 0.1) is 13.2 Å². The molecule has 3 heterocycles. The van der Waals surface area contributed by atoms with Gasteiger partial charge in [-0.15, -0.1) is 0 Å². The van der Waals surface area contributed by atoms with Gasteiger partial charge in [-0.1, -0.05) is 6.92 Å². The molecule has 3 rings (SSSR count). The van der Waals surface area contributed by atoms with E-state index in [9.17, 15) is 4.79 Å². The van der Waals surface area contributed by atoms with Gasteiger partial charge in [0.15, 0.2) is 5.79 Å². The van der Waals surface area contributed by atoms with Crippen molar-refractivity contribution in [3.63, 3.8) is 0 Å². The number of urea groups is 1. The Morgan fingerprint density at radius 1 is 1.46 bits per heavy atom. The standard InChI is InChI=1S/C17H28N4O3/c1-13(11-17(2)23-9-10-24-17)12-18-16(22)21-7-4-14(5-8-21)15-3-6-19-20-15/h3,6,13-14H,4-5,7-12H2,1-2H3,(H,18,22)(H,19,20)/t13-/m1/s1. The number of piperidine rings is 1. The van der Waals surface area contributed by atoms with Crippen molar-refractivity contribution >= 4 is 6.03 Å². The van der Waals surface area contributed by atoms with Crippen molar-refractivity contribution in [1.29, 1.82) is 0 Å². The van der Waals surface area contributed by atoms with Gasteiger partial charge < -0.3 is 19.7 Å². The average Bonchev–Trinajstić information content (AvgIpc) is 3.25. The quantitative estimate of drug-likeness (QED) is 0.863. The number of rotatable bonds is 5. The Bertz CT molecular complexity index is 520. The highest BCUT2D eigenvalue weighted by molar-refractivity contribution is 5.74. The van der Waals surface area contributed by atoms with E-state index in [1.54, 1.807) is 6.20 Å². The van der Waals surface area contributed by atoms with E-state index in [1.165, 1.54) is 5.69 Å². The highest BCUT2D eigenvalue weighted by Crippen LogP contribution is 2.27. The van der Waals surface area contributed by atoms with Crippen LogP contribution < -0.4 is 5.32 Å². The van der Waals surface area contributed by atoms with Crippen LogP contribution in [0.1, 0.15) is 44.7 Å². The van der Waals surface area contributed by atoms with Gasteiger partial charge in [-0.2, -0.15) is 5.10 Å². The number of aromatic amines is 1. The molecule has 2 fully saturated rings. The number of carbonyl (C=O) groups is 1. The number of amides is 2. The molecular weight excluding hydrogens is 308 g/mol. The molecule has 2 aliphatic heterocycles. The fourth-order valence-corrected chi connectivity index (χ4v) is 3.64. The maximum absolute atomic E-state index is 12.3. The highest BCUT2D eigenvalue weighted by atomic mass is 16.7. The number of likely N-dealkylation sites (tertiary alicyclic amines) is 1. The Labute approximate surface area is 143 Å². The van der Waals surface area contributed by atoms with Crippen LogP contribution in [0.25, 0.3) is 0 Å². The molecule has 2 aliphatic rings. The number of aromatic nitrogens is 2. The molecule has 2 amide bonds. The van der Waals surface area contributed by atoms with E-state index in [0.717, 1.165) is 32.4 Å². The molecule has 7 nitrogen and oxygen atoms in total. The molecular formula is C17H28N4O3. The van der Waals surface area contributed by atoms with Crippen LogP contribution >= 0.6 is 0 Å². The third-order valence-corrected chi connectivity index (χ3v) is 4.96. The number of nitrogens with one attached hydrogen (secondary N) is 2. The largest absolute Gasteiger partial charge is 0.348 e. The summed E-state index contributed by atoms with van der Waals surface area (Å²) >= 11 is 0. The maximum Gasteiger partial charge on any atom is 0.317 e. The average molecular weight is 336 g/mol. The number of ether oxygens (including phenoxy) is 2. The predicted molar refractivity (Wildman–Crippen MR) is 89.6 cm³/mol. The first-order chi connectivity index (χ1) is 11.6. The fraction of sp³-hybridized carbons (Fsp3) is 0.765. The summed E-state index contributed by atoms with van der Waals surface area (Å²) in [6, 6.07) is 2.05. The summed E-state index contributed by atoms with van der Waals surface area (Å²) < 4.78 is 11.3. The van der Waals surface area contributed by atoms with Gasteiger partial charge in [0, 0.05) is 43.9 Å². The maximum atomic E-state index is 12.3. The normalized spacial score (nSPS) is 22.5. The van der Waals surface area contributed by atoms with Crippen LogP contribution in [0.4, 0.5) is 4.79 Å². The van der Waals surface area contributed by atoms with Crippen LogP contribution in [-0.4, -0.2) is 59.8 Å². The zero-order valence-corrected chi connectivity index (χ0v) is 14.6. The lowest BCUT2D eigenvalue weighted by molar-refractivity contribution is -0.153. The second-order valence-corrected chi connectivity index (χ2v) is 7.10. The van der Waals surface area contributed by atoms with Crippen LogP contribution in [-0.2, 0) is 9.47 Å². The number of nitrogens with zero attached hydrogens (tertiary/aromatic N) is 2. The summed E-state index contributed by atoms with van der Waals surface area (Å²) in [6.07, 6.45) is 4.53. The minimum absolute atomic E-state index is 0.0309. The van der Waals surface area contributed by atoms with Gasteiger partial charge in [-0.25, -0.2) is 4.79 Å². The second-order valence-electron chi connectivity index (χ2n) is 7.10. The van der Waals surface area contributed by atoms with E-state index in [0.29, 0.717) is 31.6 Å². The Balaban J connectivity index is 1.38. The summed E-state index contributed by atoms with van der Waals surface area (Å²) in [5, 5.41) is 10.1. The van der Waals surface area contributed by atoms with E-state index < -0.39 is 5.79 Å². The van der Waals surface area contributed by atoms with Crippen LogP contribution in [0.5, 0.6) is 0 Å². The van der Waals surface area contributed by atoms with E-state index in [1.807, 2.05) is 17.9 Å². The summed E-state index contributed by atoms with van der Waals surface area (Å²) in [7, 11) is 0. The van der Waals surface area contributed by atoms with E-state index in [4.69, 9.17) is 9.47 Å². The van der Waals surface area contributed by atoms with Gasteiger partial charge in [0.1, 0.15) is 0 Å². The fourth-order valence-electron chi connectivity index (χ4n) is 3.64. The van der Waals surface area contributed by atoms with E-state index in [2.05, 4.69) is 22.4 Å². The Hall–Kier alpha value is -1.60. The molecule has 0 spiro atoms. The molecule has 2 saturated heterocycles. The Kier molecular flexibility index (Phi) is 5.40. The molecule has 0 radical (unpaired) electrons. The van der Waals surface area contributed by atoms with E-state index >= 15 is 0 Å². The number of hydrogen-bond donors (Lipinski definition) is 2. The summed E-state index contributed by atoms with van der Waals surface area (Å²) in [5.74, 6) is 0.290. The van der Waals surface area contributed by atoms with Gasteiger partial charge in [-0.05, 0) is 31.7 Å². The minimum atomic E-state index is -0.493. The van der Waals surface area contributed by atoms with Crippen molar-refractivity contribution in [3.8, 4) is 0 Å². The summed E-state index contributed by atoms with van der Waals surface area (Å²) in [4.78, 5) is 14.3. The lowest BCUT2D eigenvalue weighted by Crippen LogP contribution is -2.45. The molecule has 24 heavy (non-hydrogen) atoms. The highest BCUT2D eigenvalue weighted by Gasteiger charge is 2.33. The van der Waals surface area contributed by atoms with Crippen molar-refractivity contribution in [2.45, 2.75) is 44.8 Å². The summed E-state index contributed by atoms with van der Waals surface area (Å²) in [5.41, 5.74) is 1.17. The molecule has 7 heteroatoms. The molecule has 1 aromatic heterocycles. The van der Waals surface area contributed by atoms with Gasteiger partial charge >= 0.3 is 6.03 Å². The summed E-state index contributed by atoms with van der Waals surface area (Å²) in [6.45, 7) is 7.60. The minimum Gasteiger partial charge on any atom is -0.348 e. The molecule has 0 bridgehead atoms. The van der Waals surface area contributed by atoms with Crippen molar-refractivity contribution in [3.05, 3.63) is 18.0 Å². The number of hydrogen-bond acceptors (Lipinski definition) is 4. The number of H-pyrrole nitrogens is 1. The van der Waals surface area contributed by atoms with Crippen molar-refractivity contribution in [2.24, 2.45) is 5.92 Å². The third kappa shape index (κ3) is 4.27. The number of carbonyl (C=O) groups excluding carboxylic acids is 1. The lowest BCUT2D eigenvalue weighted by Gasteiger charge is -2.32. The van der Waals surface area contributed by atoms with Gasteiger partial charge in [0.25, 0.3) is 0 Å². The first kappa shape index (κ1) is 17.2. The second kappa shape index (κ2) is 7.53. The first-order valence-corrected chi connectivity index (χ1v) is 8.86. The lowest BCUT2D eigenvalue weighted by atomic mass is 9.94. The Morgan fingerprint density at radius 2 is 2.17 bits per heavy atom. The molecule has 0 unspecified atom stereocenters. The van der Waals surface area contributed by atoms with Crippen LogP contribution in [0, 0.1) is 5.92 Å². The van der Waals surface area contributed by atoms with E-state index in [-0.39, 0.29) is 6.03 Å². The predicted octanol–water partition coefficient (Wildman–Crippen LogP) is 2.09. The van der Waals surface area contributed by atoms with Crippen molar-refractivity contribution in [2.75, 3.05) is 32.8 Å². The Morgan fingerprint density at radius 3 is 2.79 bits per heavy atom. The van der Waals surface area contributed by atoms with Crippen LogP contribution in [0.3, 0.4) is 0 Å². The van der Waals surface area contributed by atoms with Crippen molar-refractivity contribution < 1.29 is 14.3 Å². The van der Waals surface area contributed by atoms with Crippen LogP contribution in [0.15, 0.2) is 12.3 Å².